The summed E-state index contributed by atoms with van der Waals surface area (Å²) < 4.78 is 35.0. The first-order valence-electron chi connectivity index (χ1n) is 9.72. The predicted molar refractivity (Wildman–Crippen MR) is 111 cm³/mol. The predicted octanol–water partition coefficient (Wildman–Crippen LogP) is 2.55. The van der Waals surface area contributed by atoms with E-state index in [1.807, 2.05) is 6.92 Å². The third-order valence-corrected chi connectivity index (χ3v) is 7.32. The number of fused-ring (bicyclic) bond motifs is 1. The molecular formula is C20H23N5O4S. The largest absolute Gasteiger partial charge is 0.495 e. The minimum Gasteiger partial charge on any atom is -0.495 e. The number of anilines is 1. The number of sulfonamides is 1. The fourth-order valence-electron chi connectivity index (χ4n) is 3.69. The van der Waals surface area contributed by atoms with Crippen LogP contribution in [0, 0.1) is 0 Å². The van der Waals surface area contributed by atoms with Crippen LogP contribution in [0.3, 0.4) is 0 Å². The number of rotatable bonds is 5. The van der Waals surface area contributed by atoms with Gasteiger partial charge in [0.1, 0.15) is 16.5 Å². The normalized spacial score (nSPS) is 17.7. The maximum absolute atomic E-state index is 13.3. The highest BCUT2D eigenvalue weighted by Crippen LogP contribution is 2.31. The second kappa shape index (κ2) is 8.04. The molecule has 9 nitrogen and oxygen atoms in total. The van der Waals surface area contributed by atoms with Crippen LogP contribution in [0.5, 0.6) is 5.75 Å². The second-order valence-corrected chi connectivity index (χ2v) is 9.07. The number of amides is 1. The van der Waals surface area contributed by atoms with E-state index in [9.17, 15) is 13.2 Å². The minimum atomic E-state index is -3.81. The first-order chi connectivity index (χ1) is 14.4. The van der Waals surface area contributed by atoms with Crippen LogP contribution in [-0.2, 0) is 10.0 Å². The van der Waals surface area contributed by atoms with E-state index in [-0.39, 0.29) is 22.3 Å². The molecule has 0 aliphatic carbocycles. The number of carbonyl (C=O) groups is 1. The highest BCUT2D eigenvalue weighted by molar-refractivity contribution is 7.89. The molecule has 1 fully saturated rings. The van der Waals surface area contributed by atoms with Crippen LogP contribution in [0.2, 0.25) is 0 Å². The van der Waals surface area contributed by atoms with E-state index in [2.05, 4.69) is 15.4 Å². The Hall–Kier alpha value is -2.98. The van der Waals surface area contributed by atoms with Gasteiger partial charge in [-0.15, -0.1) is 0 Å². The van der Waals surface area contributed by atoms with Crippen LogP contribution in [0.1, 0.15) is 36.5 Å². The van der Waals surface area contributed by atoms with E-state index in [0.717, 1.165) is 19.3 Å². The molecule has 158 valence electrons. The SMILES string of the molecule is COc1ccc(C(=O)Nc2ccnc3ccnn23)cc1S(=O)(=O)N1CCCCC1C. The highest BCUT2D eigenvalue weighted by atomic mass is 32.2. The zero-order valence-electron chi connectivity index (χ0n) is 16.8. The molecule has 0 bridgehead atoms. The highest BCUT2D eigenvalue weighted by Gasteiger charge is 2.33. The topological polar surface area (TPSA) is 106 Å². The van der Waals surface area contributed by atoms with Crippen LogP contribution < -0.4 is 10.1 Å². The van der Waals surface area contributed by atoms with Gasteiger partial charge in [-0.1, -0.05) is 6.42 Å². The van der Waals surface area contributed by atoms with E-state index in [4.69, 9.17) is 4.74 Å². The van der Waals surface area contributed by atoms with E-state index >= 15 is 0 Å². The average Bonchev–Trinajstić information content (AvgIpc) is 3.23. The summed E-state index contributed by atoms with van der Waals surface area (Å²) in [7, 11) is -2.39. The number of methoxy groups -OCH3 is 1. The first kappa shape index (κ1) is 20.3. The number of piperidine rings is 1. The zero-order chi connectivity index (χ0) is 21.3. The van der Waals surface area contributed by atoms with Crippen molar-refractivity contribution in [2.24, 2.45) is 0 Å². The lowest BCUT2D eigenvalue weighted by molar-refractivity contribution is 0.102. The van der Waals surface area contributed by atoms with E-state index in [1.165, 1.54) is 34.1 Å². The first-order valence-corrected chi connectivity index (χ1v) is 11.2. The molecule has 1 atom stereocenters. The van der Waals surface area contributed by atoms with Gasteiger partial charge in [-0.3, -0.25) is 4.79 Å². The van der Waals surface area contributed by atoms with Gasteiger partial charge in [-0.2, -0.15) is 13.9 Å². The van der Waals surface area contributed by atoms with Crippen molar-refractivity contribution < 1.29 is 17.9 Å². The molecule has 0 spiro atoms. The minimum absolute atomic E-state index is 0.00892. The van der Waals surface area contributed by atoms with E-state index in [0.29, 0.717) is 18.0 Å². The summed E-state index contributed by atoms with van der Waals surface area (Å²) in [5.41, 5.74) is 0.793. The standard InChI is InChI=1S/C20H23N5O4S/c1-14-5-3-4-12-24(14)30(27,28)17-13-15(6-7-16(17)29-2)20(26)23-19-8-10-21-18-9-11-22-25(18)19/h6-11,13-14H,3-5,12H2,1-2H3,(H,23,26). The third kappa shape index (κ3) is 3.63. The Bertz CT molecular complexity index is 1190. The van der Waals surface area contributed by atoms with Crippen molar-refractivity contribution >= 4 is 27.4 Å². The Balaban J connectivity index is 1.68. The molecule has 0 saturated carbocycles. The van der Waals surface area contributed by atoms with Crippen LogP contribution in [0.4, 0.5) is 5.82 Å². The molecule has 1 aromatic carbocycles. The molecule has 2 aromatic heterocycles. The van der Waals surface area contributed by atoms with Gasteiger partial charge in [0.05, 0.1) is 13.3 Å². The van der Waals surface area contributed by atoms with Gasteiger partial charge in [0.25, 0.3) is 5.91 Å². The van der Waals surface area contributed by atoms with Crippen molar-refractivity contribution in [3.63, 3.8) is 0 Å². The van der Waals surface area contributed by atoms with Crippen molar-refractivity contribution in [1.29, 1.82) is 0 Å². The van der Waals surface area contributed by atoms with Gasteiger partial charge in [0.2, 0.25) is 10.0 Å². The molecule has 10 heteroatoms. The van der Waals surface area contributed by atoms with Crippen LogP contribution >= 0.6 is 0 Å². The quantitative estimate of drug-likeness (QED) is 0.668. The van der Waals surface area contributed by atoms with Gasteiger partial charge < -0.3 is 10.1 Å². The molecule has 1 unspecified atom stereocenters. The molecule has 30 heavy (non-hydrogen) atoms. The fraction of sp³-hybridized carbons (Fsp3) is 0.350. The second-order valence-electron chi connectivity index (χ2n) is 7.21. The van der Waals surface area contributed by atoms with Crippen LogP contribution in [0.25, 0.3) is 5.65 Å². The van der Waals surface area contributed by atoms with Crippen molar-refractivity contribution in [2.75, 3.05) is 19.0 Å². The van der Waals surface area contributed by atoms with Crippen molar-refractivity contribution in [3.8, 4) is 5.75 Å². The van der Waals surface area contributed by atoms with Crippen LogP contribution in [-0.4, -0.2) is 52.9 Å². The summed E-state index contributed by atoms with van der Waals surface area (Å²) in [4.78, 5) is 17.0. The number of ether oxygens (including phenoxy) is 1. The monoisotopic (exact) mass is 429 g/mol. The van der Waals surface area contributed by atoms with Crippen molar-refractivity contribution in [2.45, 2.75) is 37.1 Å². The van der Waals surface area contributed by atoms with Gasteiger partial charge in [-0.05, 0) is 44.0 Å². The fourth-order valence-corrected chi connectivity index (χ4v) is 5.58. The molecule has 1 aliphatic heterocycles. The number of hydrogen-bond donors (Lipinski definition) is 1. The van der Waals surface area contributed by atoms with Crippen molar-refractivity contribution in [1.82, 2.24) is 18.9 Å². The third-order valence-electron chi connectivity index (χ3n) is 5.29. The van der Waals surface area contributed by atoms with Gasteiger partial charge in [0, 0.05) is 30.4 Å². The number of benzene rings is 1. The molecule has 1 aliphatic rings. The van der Waals surface area contributed by atoms with E-state index in [1.54, 1.807) is 24.5 Å². The summed E-state index contributed by atoms with van der Waals surface area (Å²) in [6.45, 7) is 2.36. The number of nitrogens with one attached hydrogen (secondary N) is 1. The van der Waals surface area contributed by atoms with Gasteiger partial charge in [0.15, 0.2) is 5.65 Å². The Morgan fingerprint density at radius 1 is 1.20 bits per heavy atom. The van der Waals surface area contributed by atoms with Crippen molar-refractivity contribution in [3.05, 3.63) is 48.3 Å². The maximum atomic E-state index is 13.3. The Morgan fingerprint density at radius 2 is 2.03 bits per heavy atom. The van der Waals surface area contributed by atoms with Gasteiger partial charge >= 0.3 is 0 Å². The lowest BCUT2D eigenvalue weighted by Crippen LogP contribution is -2.42. The zero-order valence-corrected chi connectivity index (χ0v) is 17.6. The summed E-state index contributed by atoms with van der Waals surface area (Å²) in [6.07, 6.45) is 5.77. The summed E-state index contributed by atoms with van der Waals surface area (Å²) >= 11 is 0. The maximum Gasteiger partial charge on any atom is 0.256 e. The Labute approximate surface area is 174 Å². The molecule has 3 aromatic rings. The van der Waals surface area contributed by atoms with Crippen LogP contribution in [0.15, 0.2) is 47.6 Å². The average molecular weight is 430 g/mol. The lowest BCUT2D eigenvalue weighted by Gasteiger charge is -2.32. The molecular weight excluding hydrogens is 406 g/mol. The van der Waals surface area contributed by atoms with Gasteiger partial charge in [-0.25, -0.2) is 13.4 Å². The number of nitrogens with zero attached hydrogens (tertiary/aromatic N) is 4. The smallest absolute Gasteiger partial charge is 0.256 e. The Kier molecular flexibility index (Phi) is 5.44. The molecule has 3 heterocycles. The number of carbonyl (C=O) groups excluding carboxylic acids is 1. The van der Waals surface area contributed by atoms with E-state index < -0.39 is 15.9 Å². The molecule has 4 rings (SSSR count). The lowest BCUT2D eigenvalue weighted by atomic mass is 10.1. The molecule has 1 saturated heterocycles. The Morgan fingerprint density at radius 3 is 2.80 bits per heavy atom. The summed E-state index contributed by atoms with van der Waals surface area (Å²) in [5, 5.41) is 6.90. The molecule has 1 amide bonds. The summed E-state index contributed by atoms with van der Waals surface area (Å²) in [6, 6.07) is 7.64. The summed E-state index contributed by atoms with van der Waals surface area (Å²) in [5.74, 6) is 0.186. The molecule has 0 radical (unpaired) electrons. The number of aromatic nitrogens is 3. The molecule has 1 N–H and O–H groups in total. The number of hydrogen-bond acceptors (Lipinski definition) is 6.